The van der Waals surface area contributed by atoms with Gasteiger partial charge in [-0.1, -0.05) is 24.6 Å². The van der Waals surface area contributed by atoms with Crippen molar-refractivity contribution in [1.82, 2.24) is 5.43 Å². The van der Waals surface area contributed by atoms with Crippen molar-refractivity contribution in [1.29, 1.82) is 0 Å². The predicted octanol–water partition coefficient (Wildman–Crippen LogP) is 4.10. The molecule has 0 spiro atoms. The lowest BCUT2D eigenvalue weighted by molar-refractivity contribution is -0.384. The molecule has 0 bridgehead atoms. The van der Waals surface area contributed by atoms with Crippen molar-refractivity contribution >= 4 is 45.3 Å². The summed E-state index contributed by atoms with van der Waals surface area (Å²) in [5, 5.41) is 14.8. The van der Waals surface area contributed by atoms with E-state index < -0.39 is 10.8 Å². The molecule has 0 saturated heterocycles. The van der Waals surface area contributed by atoms with Crippen molar-refractivity contribution in [3.8, 4) is 5.75 Å². The second kappa shape index (κ2) is 9.30. The van der Waals surface area contributed by atoms with Crippen LogP contribution in [0.3, 0.4) is 0 Å². The summed E-state index contributed by atoms with van der Waals surface area (Å²) in [7, 11) is 0. The van der Waals surface area contributed by atoms with Crippen molar-refractivity contribution in [2.75, 3.05) is 6.61 Å². The second-order valence-electron chi connectivity index (χ2n) is 5.16. The number of nitro benzene ring substituents is 1. The molecule has 0 atom stereocenters. The van der Waals surface area contributed by atoms with E-state index in [0.29, 0.717) is 11.3 Å². The number of aryl methyl sites for hydroxylation is 1. The van der Waals surface area contributed by atoms with Gasteiger partial charge in [0.2, 0.25) is 0 Å². The molecule has 0 saturated carbocycles. The Morgan fingerprint density at radius 1 is 1.38 bits per heavy atom. The predicted molar refractivity (Wildman–Crippen MR) is 103 cm³/mol. The largest absolute Gasteiger partial charge is 0.483 e. The molecular formula is C17H15BrClN3O4. The van der Waals surface area contributed by atoms with Gasteiger partial charge in [0.25, 0.3) is 11.6 Å². The summed E-state index contributed by atoms with van der Waals surface area (Å²) in [6, 6.07) is 9.57. The maximum absolute atomic E-state index is 11.8. The van der Waals surface area contributed by atoms with E-state index in [-0.39, 0.29) is 17.3 Å². The Hall–Kier alpha value is -2.45. The lowest BCUT2D eigenvalue weighted by atomic mass is 10.2. The molecule has 0 aliphatic heterocycles. The highest BCUT2D eigenvalue weighted by Crippen LogP contribution is 2.26. The minimum Gasteiger partial charge on any atom is -0.483 e. The Bertz CT molecular complexity index is 858. The number of carbonyl (C=O) groups is 1. The number of nitrogens with one attached hydrogen (secondary N) is 1. The van der Waals surface area contributed by atoms with Crippen molar-refractivity contribution in [3.05, 3.63) is 67.1 Å². The highest BCUT2D eigenvalue weighted by Gasteiger charge is 2.09. The number of carbonyl (C=O) groups excluding carboxylic acids is 1. The third-order valence-electron chi connectivity index (χ3n) is 3.35. The van der Waals surface area contributed by atoms with Crippen LogP contribution in [0.15, 0.2) is 46.0 Å². The van der Waals surface area contributed by atoms with E-state index in [2.05, 4.69) is 26.5 Å². The van der Waals surface area contributed by atoms with Crippen LogP contribution >= 0.6 is 27.5 Å². The van der Waals surface area contributed by atoms with Gasteiger partial charge in [0.1, 0.15) is 5.75 Å². The maximum Gasteiger partial charge on any atom is 0.277 e. The first-order valence-corrected chi connectivity index (χ1v) is 8.75. The van der Waals surface area contributed by atoms with Crippen molar-refractivity contribution < 1.29 is 14.5 Å². The SMILES string of the molecule is CCc1ccc(OCC(=O)N/N=C/c2cc([N+](=O)[O-])ccc2Cl)c(Br)c1. The fourth-order valence-corrected chi connectivity index (χ4v) is 2.68. The van der Waals surface area contributed by atoms with Crippen LogP contribution in [0.2, 0.25) is 5.02 Å². The fourth-order valence-electron chi connectivity index (χ4n) is 1.97. The number of hydrazone groups is 1. The van der Waals surface area contributed by atoms with Crippen molar-refractivity contribution in [2.24, 2.45) is 5.10 Å². The molecule has 2 aromatic rings. The van der Waals surface area contributed by atoms with Gasteiger partial charge in [-0.3, -0.25) is 14.9 Å². The number of nitrogens with zero attached hydrogens (tertiary/aromatic N) is 2. The number of ether oxygens (including phenoxy) is 1. The Morgan fingerprint density at radius 2 is 2.15 bits per heavy atom. The molecule has 0 aromatic heterocycles. The van der Waals surface area contributed by atoms with E-state index in [1.807, 2.05) is 19.1 Å². The Balaban J connectivity index is 1.92. The number of benzene rings is 2. The molecule has 0 aliphatic rings. The van der Waals surface area contributed by atoms with Gasteiger partial charge in [0, 0.05) is 22.7 Å². The first-order valence-electron chi connectivity index (χ1n) is 7.57. The summed E-state index contributed by atoms with van der Waals surface area (Å²) in [4.78, 5) is 22.0. The molecule has 1 amide bonds. The van der Waals surface area contributed by atoms with Crippen LogP contribution in [0.4, 0.5) is 5.69 Å². The lowest BCUT2D eigenvalue weighted by Gasteiger charge is -2.08. The number of non-ortho nitro benzene ring substituents is 1. The highest BCUT2D eigenvalue weighted by molar-refractivity contribution is 9.10. The normalized spacial score (nSPS) is 10.7. The van der Waals surface area contributed by atoms with Crippen molar-refractivity contribution in [2.45, 2.75) is 13.3 Å². The Kier molecular flexibility index (Phi) is 7.11. The molecule has 0 radical (unpaired) electrons. The van der Waals surface area contributed by atoms with Crippen LogP contribution in [-0.2, 0) is 11.2 Å². The number of hydrogen-bond donors (Lipinski definition) is 1. The van der Waals surface area contributed by atoms with E-state index in [1.165, 1.54) is 24.4 Å². The summed E-state index contributed by atoms with van der Waals surface area (Å²) in [5.41, 5.74) is 3.63. The average Bonchev–Trinajstić information content (AvgIpc) is 2.61. The summed E-state index contributed by atoms with van der Waals surface area (Å²) >= 11 is 9.33. The monoisotopic (exact) mass is 439 g/mol. The van der Waals surface area contributed by atoms with Gasteiger partial charge < -0.3 is 4.74 Å². The van der Waals surface area contributed by atoms with Crippen LogP contribution < -0.4 is 10.2 Å². The van der Waals surface area contributed by atoms with Gasteiger partial charge >= 0.3 is 0 Å². The number of halogens is 2. The number of nitro groups is 1. The Morgan fingerprint density at radius 3 is 2.81 bits per heavy atom. The molecule has 1 N–H and O–H groups in total. The molecule has 2 aromatic carbocycles. The third-order valence-corrected chi connectivity index (χ3v) is 4.31. The third kappa shape index (κ3) is 5.53. The number of amides is 1. The highest BCUT2D eigenvalue weighted by atomic mass is 79.9. The minimum atomic E-state index is -0.540. The summed E-state index contributed by atoms with van der Waals surface area (Å²) in [6.45, 7) is 1.81. The van der Waals surface area contributed by atoms with Crippen LogP contribution in [-0.4, -0.2) is 23.7 Å². The van der Waals surface area contributed by atoms with Crippen LogP contribution in [0.25, 0.3) is 0 Å². The smallest absolute Gasteiger partial charge is 0.277 e. The van der Waals surface area contributed by atoms with Gasteiger partial charge in [-0.15, -0.1) is 0 Å². The summed E-state index contributed by atoms with van der Waals surface area (Å²) in [5.74, 6) is 0.0670. The standard InChI is InChI=1S/C17H15BrClN3O4/c1-2-11-3-6-16(14(18)7-11)26-10-17(23)21-20-9-12-8-13(22(24)25)4-5-15(12)19/h3-9H,2,10H2,1H3,(H,21,23)/b20-9+. The van der Waals surface area contributed by atoms with E-state index in [0.717, 1.165) is 16.5 Å². The molecule has 2 rings (SSSR count). The molecule has 26 heavy (non-hydrogen) atoms. The van der Waals surface area contributed by atoms with E-state index in [9.17, 15) is 14.9 Å². The lowest BCUT2D eigenvalue weighted by Crippen LogP contribution is -2.24. The number of hydrogen-bond acceptors (Lipinski definition) is 5. The zero-order chi connectivity index (χ0) is 19.1. The number of rotatable bonds is 7. The maximum atomic E-state index is 11.8. The van der Waals surface area contributed by atoms with Crippen LogP contribution in [0, 0.1) is 10.1 Å². The molecule has 7 nitrogen and oxygen atoms in total. The fraction of sp³-hybridized carbons (Fsp3) is 0.176. The van der Waals surface area contributed by atoms with Crippen molar-refractivity contribution in [3.63, 3.8) is 0 Å². The average molecular weight is 441 g/mol. The molecule has 0 fully saturated rings. The van der Waals surface area contributed by atoms with E-state index in [4.69, 9.17) is 16.3 Å². The zero-order valence-corrected chi connectivity index (χ0v) is 16.1. The second-order valence-corrected chi connectivity index (χ2v) is 6.42. The molecule has 136 valence electrons. The van der Waals surface area contributed by atoms with E-state index in [1.54, 1.807) is 6.07 Å². The van der Waals surface area contributed by atoms with Gasteiger partial charge in [-0.25, -0.2) is 5.43 Å². The van der Waals surface area contributed by atoms with Gasteiger partial charge in [-0.05, 0) is 46.1 Å². The Labute approximate surface area is 163 Å². The van der Waals surface area contributed by atoms with Crippen LogP contribution in [0.5, 0.6) is 5.75 Å². The first kappa shape index (κ1) is 19.9. The topological polar surface area (TPSA) is 93.8 Å². The van der Waals surface area contributed by atoms with E-state index >= 15 is 0 Å². The summed E-state index contributed by atoms with van der Waals surface area (Å²) < 4.78 is 6.19. The van der Waals surface area contributed by atoms with Gasteiger partial charge in [-0.2, -0.15) is 5.10 Å². The molecule has 0 aliphatic carbocycles. The zero-order valence-electron chi connectivity index (χ0n) is 13.7. The quantitative estimate of drug-likeness (QED) is 0.398. The van der Waals surface area contributed by atoms with Gasteiger partial charge in [0.15, 0.2) is 6.61 Å². The molecule has 9 heteroatoms. The van der Waals surface area contributed by atoms with Gasteiger partial charge in [0.05, 0.1) is 15.6 Å². The van der Waals surface area contributed by atoms with Crippen LogP contribution in [0.1, 0.15) is 18.1 Å². The molecule has 0 heterocycles. The summed E-state index contributed by atoms with van der Waals surface area (Å²) in [6.07, 6.45) is 2.13. The molecule has 0 unspecified atom stereocenters. The first-order chi connectivity index (χ1) is 12.4. The molecular weight excluding hydrogens is 426 g/mol. The minimum absolute atomic E-state index is 0.120.